The zero-order chi connectivity index (χ0) is 16.4. The molecule has 2 aromatic carbocycles. The van der Waals surface area contributed by atoms with Crippen LogP contribution in [-0.4, -0.2) is 18.2 Å². The molecule has 0 atom stereocenters. The third kappa shape index (κ3) is 4.29. The molecule has 0 saturated heterocycles. The summed E-state index contributed by atoms with van der Waals surface area (Å²) in [5, 5.41) is 2.87. The Morgan fingerprint density at radius 1 is 0.864 bits per heavy atom. The Balaban J connectivity index is 0.000000561. The highest BCUT2D eigenvalue weighted by Gasteiger charge is 2.16. The Morgan fingerprint density at radius 2 is 1.45 bits per heavy atom. The smallest absolute Gasteiger partial charge is 0.246 e. The Kier molecular flexibility index (Phi) is 7.62. The first-order chi connectivity index (χ1) is 10.8. The van der Waals surface area contributed by atoms with E-state index >= 15 is 0 Å². The standard InChI is InChI=1S/C15H12N2O.2C2H6/c18-14-10-16-15(11-6-2-1-3-7-11)12-8-4-5-9-13(12)17-14;2*1-2/h1-9H,10H2,(H,17,18);2*1-2H3. The molecule has 0 aromatic heterocycles. The fourth-order valence-electron chi connectivity index (χ4n) is 2.07. The monoisotopic (exact) mass is 296 g/mol. The molecule has 0 saturated carbocycles. The summed E-state index contributed by atoms with van der Waals surface area (Å²) in [7, 11) is 0. The lowest BCUT2D eigenvalue weighted by molar-refractivity contribution is -0.114. The summed E-state index contributed by atoms with van der Waals surface area (Å²) in [6.45, 7) is 8.17. The van der Waals surface area contributed by atoms with Crippen molar-refractivity contribution in [2.75, 3.05) is 11.9 Å². The topological polar surface area (TPSA) is 41.5 Å². The summed E-state index contributed by atoms with van der Waals surface area (Å²) in [5.74, 6) is -0.0756. The van der Waals surface area contributed by atoms with Crippen LogP contribution in [0.3, 0.4) is 0 Å². The second-order valence-corrected chi connectivity index (χ2v) is 4.12. The van der Waals surface area contributed by atoms with Crippen molar-refractivity contribution in [3.05, 3.63) is 65.7 Å². The van der Waals surface area contributed by atoms with Crippen LogP contribution in [0, 0.1) is 0 Å². The molecule has 1 N–H and O–H groups in total. The summed E-state index contributed by atoms with van der Waals surface area (Å²) in [6.07, 6.45) is 0. The number of rotatable bonds is 1. The second kappa shape index (κ2) is 9.50. The number of hydrogen-bond donors (Lipinski definition) is 1. The lowest BCUT2D eigenvalue weighted by Gasteiger charge is -2.09. The summed E-state index contributed by atoms with van der Waals surface area (Å²) < 4.78 is 0. The molecule has 3 nitrogen and oxygen atoms in total. The third-order valence-electron chi connectivity index (χ3n) is 2.88. The van der Waals surface area contributed by atoms with E-state index in [4.69, 9.17) is 0 Å². The van der Waals surface area contributed by atoms with E-state index in [0.717, 1.165) is 22.5 Å². The molecule has 0 bridgehead atoms. The summed E-state index contributed by atoms with van der Waals surface area (Å²) in [5.41, 5.74) is 3.68. The first kappa shape index (κ1) is 17.6. The van der Waals surface area contributed by atoms with Crippen LogP contribution in [0.4, 0.5) is 5.69 Å². The molecular weight excluding hydrogens is 272 g/mol. The van der Waals surface area contributed by atoms with Gasteiger partial charge in [-0.2, -0.15) is 0 Å². The van der Waals surface area contributed by atoms with E-state index < -0.39 is 0 Å². The van der Waals surface area contributed by atoms with Gasteiger partial charge < -0.3 is 5.32 Å². The van der Waals surface area contributed by atoms with Crippen molar-refractivity contribution >= 4 is 17.3 Å². The molecule has 3 heteroatoms. The normalized spacial score (nSPS) is 12.2. The van der Waals surface area contributed by atoms with Gasteiger partial charge in [-0.15, -0.1) is 0 Å². The quantitative estimate of drug-likeness (QED) is 0.825. The Morgan fingerprint density at radius 3 is 2.14 bits per heavy atom. The number of carbonyl (C=O) groups is 1. The molecule has 0 fully saturated rings. The molecule has 0 radical (unpaired) electrons. The van der Waals surface area contributed by atoms with Crippen LogP contribution in [-0.2, 0) is 4.79 Å². The van der Waals surface area contributed by atoms with Crippen molar-refractivity contribution < 1.29 is 4.79 Å². The molecule has 1 heterocycles. The maximum atomic E-state index is 11.6. The van der Waals surface area contributed by atoms with Gasteiger partial charge >= 0.3 is 0 Å². The lowest BCUT2D eigenvalue weighted by Crippen LogP contribution is -2.13. The first-order valence-electron chi connectivity index (χ1n) is 7.84. The molecule has 22 heavy (non-hydrogen) atoms. The summed E-state index contributed by atoms with van der Waals surface area (Å²) >= 11 is 0. The zero-order valence-corrected chi connectivity index (χ0v) is 13.8. The predicted molar refractivity (Wildman–Crippen MR) is 94.7 cm³/mol. The van der Waals surface area contributed by atoms with E-state index in [9.17, 15) is 4.79 Å². The molecule has 0 spiro atoms. The molecule has 1 aliphatic rings. The van der Waals surface area contributed by atoms with Gasteiger partial charge in [0, 0.05) is 11.1 Å². The van der Waals surface area contributed by atoms with Gasteiger partial charge in [0.25, 0.3) is 0 Å². The van der Waals surface area contributed by atoms with Gasteiger partial charge in [-0.05, 0) is 6.07 Å². The minimum atomic E-state index is -0.0756. The van der Waals surface area contributed by atoms with Crippen LogP contribution in [0.2, 0.25) is 0 Å². The van der Waals surface area contributed by atoms with E-state index in [0.29, 0.717) is 0 Å². The molecular formula is C19H24N2O. The van der Waals surface area contributed by atoms with Crippen molar-refractivity contribution in [1.82, 2.24) is 0 Å². The molecule has 1 amide bonds. The van der Waals surface area contributed by atoms with Gasteiger partial charge in [0.2, 0.25) is 5.91 Å². The molecule has 3 rings (SSSR count). The summed E-state index contributed by atoms with van der Waals surface area (Å²) in [6, 6.07) is 17.7. The maximum absolute atomic E-state index is 11.6. The predicted octanol–water partition coefficient (Wildman–Crippen LogP) is 4.53. The van der Waals surface area contributed by atoms with Crippen molar-refractivity contribution in [3.63, 3.8) is 0 Å². The highest BCUT2D eigenvalue weighted by Crippen LogP contribution is 2.22. The molecule has 1 aliphatic heterocycles. The second-order valence-electron chi connectivity index (χ2n) is 4.12. The van der Waals surface area contributed by atoms with Gasteiger partial charge in [0.1, 0.15) is 6.54 Å². The van der Waals surface area contributed by atoms with Gasteiger partial charge in [-0.3, -0.25) is 9.79 Å². The van der Waals surface area contributed by atoms with Gasteiger partial charge in [-0.25, -0.2) is 0 Å². The Hall–Kier alpha value is -2.42. The van der Waals surface area contributed by atoms with Gasteiger partial charge in [0.05, 0.1) is 11.4 Å². The Bertz CT molecular complexity index is 618. The number of anilines is 1. The SMILES string of the molecule is CC.CC.O=C1CN=C(c2ccccc2)c2ccccc2N1. The highest BCUT2D eigenvalue weighted by molar-refractivity contribution is 6.19. The molecule has 0 aliphatic carbocycles. The van der Waals surface area contributed by atoms with Crippen molar-refractivity contribution in [1.29, 1.82) is 0 Å². The number of hydrogen-bond acceptors (Lipinski definition) is 2. The number of benzodiazepines with no additional fused rings is 1. The average Bonchev–Trinajstić information content (AvgIpc) is 2.77. The van der Waals surface area contributed by atoms with Crippen LogP contribution >= 0.6 is 0 Å². The van der Waals surface area contributed by atoms with E-state index in [-0.39, 0.29) is 12.5 Å². The molecule has 2 aromatic rings. The third-order valence-corrected chi connectivity index (χ3v) is 2.88. The van der Waals surface area contributed by atoms with E-state index in [2.05, 4.69) is 10.3 Å². The zero-order valence-electron chi connectivity index (χ0n) is 13.8. The van der Waals surface area contributed by atoms with Gasteiger partial charge in [0.15, 0.2) is 0 Å². The highest BCUT2D eigenvalue weighted by atomic mass is 16.1. The minimum Gasteiger partial charge on any atom is -0.324 e. The number of benzene rings is 2. The van der Waals surface area contributed by atoms with Crippen molar-refractivity contribution in [2.45, 2.75) is 27.7 Å². The van der Waals surface area contributed by atoms with Crippen LogP contribution in [0.5, 0.6) is 0 Å². The molecule has 116 valence electrons. The largest absolute Gasteiger partial charge is 0.324 e. The van der Waals surface area contributed by atoms with Crippen molar-refractivity contribution in [2.24, 2.45) is 4.99 Å². The van der Waals surface area contributed by atoms with Crippen molar-refractivity contribution in [3.8, 4) is 0 Å². The van der Waals surface area contributed by atoms with Crippen LogP contribution in [0.1, 0.15) is 38.8 Å². The number of para-hydroxylation sites is 1. The number of aliphatic imine (C=N–C) groups is 1. The van der Waals surface area contributed by atoms with E-state index in [1.165, 1.54) is 0 Å². The van der Waals surface area contributed by atoms with E-state index in [1.807, 2.05) is 82.3 Å². The fourth-order valence-corrected chi connectivity index (χ4v) is 2.07. The van der Waals surface area contributed by atoms with Crippen LogP contribution < -0.4 is 5.32 Å². The minimum absolute atomic E-state index is 0.0756. The fraction of sp³-hybridized carbons (Fsp3) is 0.263. The average molecular weight is 296 g/mol. The van der Waals surface area contributed by atoms with Gasteiger partial charge in [-0.1, -0.05) is 76.2 Å². The maximum Gasteiger partial charge on any atom is 0.246 e. The number of nitrogens with zero attached hydrogens (tertiary/aromatic N) is 1. The number of fused-ring (bicyclic) bond motifs is 1. The molecule has 0 unspecified atom stereocenters. The van der Waals surface area contributed by atoms with E-state index in [1.54, 1.807) is 0 Å². The first-order valence-corrected chi connectivity index (χ1v) is 7.84. The Labute approximate surface area is 133 Å². The lowest BCUT2D eigenvalue weighted by atomic mass is 10.0. The van der Waals surface area contributed by atoms with Crippen LogP contribution in [0.15, 0.2) is 59.6 Å². The number of amides is 1. The van der Waals surface area contributed by atoms with Crippen LogP contribution in [0.25, 0.3) is 0 Å². The number of carbonyl (C=O) groups excluding carboxylic acids is 1. The number of nitrogens with one attached hydrogen (secondary N) is 1. The summed E-state index contributed by atoms with van der Waals surface area (Å²) in [4.78, 5) is 16.0.